The van der Waals surface area contributed by atoms with Gasteiger partial charge in [-0.25, -0.2) is 12.8 Å². The summed E-state index contributed by atoms with van der Waals surface area (Å²) < 4.78 is 41.5. The van der Waals surface area contributed by atoms with Crippen LogP contribution in [0.3, 0.4) is 0 Å². The average molecular weight is 441 g/mol. The summed E-state index contributed by atoms with van der Waals surface area (Å²) in [5.74, 6) is -0.846. The number of anilines is 1. The van der Waals surface area contributed by atoms with Gasteiger partial charge in [0, 0.05) is 10.1 Å². The zero-order chi connectivity index (χ0) is 15.6. The largest absolute Gasteiger partial charge is 0.326 e. The molecule has 0 saturated heterocycles. The maximum Gasteiger partial charge on any atom is 0.264 e. The van der Waals surface area contributed by atoms with Crippen LogP contribution < -0.4 is 10.5 Å². The molecule has 0 radical (unpaired) electrons. The number of nitrogens with one attached hydrogen (secondary N) is 1. The molecule has 21 heavy (non-hydrogen) atoms. The van der Waals surface area contributed by atoms with Crippen LogP contribution in [-0.2, 0) is 16.6 Å². The van der Waals surface area contributed by atoms with Crippen LogP contribution in [0.1, 0.15) is 5.56 Å². The van der Waals surface area contributed by atoms with Crippen molar-refractivity contribution in [3.05, 3.63) is 56.4 Å². The lowest BCUT2D eigenvalue weighted by Gasteiger charge is -2.11. The Kier molecular flexibility index (Phi) is 5.07. The Bertz CT molecular complexity index is 784. The summed E-state index contributed by atoms with van der Waals surface area (Å²) >= 11 is 8.03. The molecule has 0 aliphatic rings. The third-order valence-corrected chi connectivity index (χ3v) is 5.06. The fourth-order valence-corrected chi connectivity index (χ4v) is 3.82. The molecule has 0 amide bonds. The van der Waals surface area contributed by atoms with Gasteiger partial charge in [0.15, 0.2) is 0 Å². The van der Waals surface area contributed by atoms with Crippen molar-refractivity contribution in [2.24, 2.45) is 5.73 Å². The van der Waals surface area contributed by atoms with Crippen molar-refractivity contribution in [1.82, 2.24) is 0 Å². The summed E-state index contributed by atoms with van der Waals surface area (Å²) in [5.41, 5.74) is 6.15. The van der Waals surface area contributed by atoms with Crippen molar-refractivity contribution < 1.29 is 12.8 Å². The highest BCUT2D eigenvalue weighted by molar-refractivity contribution is 14.1. The molecular formula is C13H11ClFIN2O2S. The van der Waals surface area contributed by atoms with Crippen LogP contribution in [0.25, 0.3) is 0 Å². The second-order valence-electron chi connectivity index (χ2n) is 4.20. The van der Waals surface area contributed by atoms with E-state index in [-0.39, 0.29) is 17.3 Å². The third-order valence-electron chi connectivity index (χ3n) is 2.70. The molecule has 0 fully saturated rings. The molecule has 0 unspecified atom stereocenters. The number of sulfonamides is 1. The van der Waals surface area contributed by atoms with Crippen molar-refractivity contribution in [3.63, 3.8) is 0 Å². The maximum atomic E-state index is 13.8. The number of hydrogen-bond acceptors (Lipinski definition) is 3. The van der Waals surface area contributed by atoms with Gasteiger partial charge in [0.1, 0.15) is 10.7 Å². The molecule has 0 aliphatic heterocycles. The fraction of sp³-hybridized carbons (Fsp3) is 0.0769. The summed E-state index contributed by atoms with van der Waals surface area (Å²) in [4.78, 5) is -0.458. The second kappa shape index (κ2) is 6.47. The summed E-state index contributed by atoms with van der Waals surface area (Å²) in [6, 6.07) is 8.53. The van der Waals surface area contributed by atoms with Crippen LogP contribution in [0.5, 0.6) is 0 Å². The molecule has 2 aromatic carbocycles. The van der Waals surface area contributed by atoms with Crippen molar-refractivity contribution in [3.8, 4) is 0 Å². The number of hydrogen-bond donors (Lipinski definition) is 2. The topological polar surface area (TPSA) is 72.2 Å². The first kappa shape index (κ1) is 16.5. The summed E-state index contributed by atoms with van der Waals surface area (Å²) in [7, 11) is -4.08. The van der Waals surface area contributed by atoms with Crippen LogP contribution in [-0.4, -0.2) is 8.42 Å². The molecule has 0 atom stereocenters. The zero-order valence-electron chi connectivity index (χ0n) is 10.6. The van der Waals surface area contributed by atoms with Crippen molar-refractivity contribution >= 4 is 49.9 Å². The molecule has 0 bridgehead atoms. The van der Waals surface area contributed by atoms with E-state index in [1.165, 1.54) is 18.2 Å². The lowest BCUT2D eigenvalue weighted by Crippen LogP contribution is -2.15. The van der Waals surface area contributed by atoms with Crippen molar-refractivity contribution in [2.45, 2.75) is 11.4 Å². The molecule has 0 aromatic heterocycles. The normalized spacial score (nSPS) is 11.4. The first-order valence-corrected chi connectivity index (χ1v) is 8.74. The molecule has 0 heterocycles. The highest BCUT2D eigenvalue weighted by Gasteiger charge is 2.20. The maximum absolute atomic E-state index is 13.8. The van der Waals surface area contributed by atoms with Gasteiger partial charge in [-0.2, -0.15) is 0 Å². The van der Waals surface area contributed by atoms with E-state index in [1.807, 2.05) is 22.6 Å². The number of rotatable bonds is 4. The standard InChI is InChI=1S/C13H11ClFIN2O2S/c14-10-6-9(16)2-4-12(10)18-21(19,20)13-5-8(7-17)1-3-11(13)15/h1-6,18H,7,17H2. The van der Waals surface area contributed by atoms with Crippen LogP contribution >= 0.6 is 34.2 Å². The highest BCUT2D eigenvalue weighted by Crippen LogP contribution is 2.27. The van der Waals surface area contributed by atoms with Crippen LogP contribution in [0.2, 0.25) is 5.02 Å². The first-order valence-electron chi connectivity index (χ1n) is 5.80. The van der Waals surface area contributed by atoms with Crippen molar-refractivity contribution in [2.75, 3.05) is 4.72 Å². The number of halogens is 3. The minimum Gasteiger partial charge on any atom is -0.326 e. The van der Waals surface area contributed by atoms with Gasteiger partial charge in [0.2, 0.25) is 0 Å². The Balaban J connectivity index is 2.43. The summed E-state index contributed by atoms with van der Waals surface area (Å²) in [5, 5.41) is 0.237. The lowest BCUT2D eigenvalue weighted by molar-refractivity contribution is 0.569. The SMILES string of the molecule is NCc1ccc(F)c(S(=O)(=O)Nc2ccc(I)cc2Cl)c1. The van der Waals surface area contributed by atoms with Gasteiger partial charge in [-0.15, -0.1) is 0 Å². The van der Waals surface area contributed by atoms with E-state index in [0.29, 0.717) is 5.56 Å². The lowest BCUT2D eigenvalue weighted by atomic mass is 10.2. The quantitative estimate of drug-likeness (QED) is 0.716. The number of nitrogens with two attached hydrogens (primary N) is 1. The molecule has 4 nitrogen and oxygen atoms in total. The Morgan fingerprint density at radius 2 is 1.95 bits per heavy atom. The van der Waals surface area contributed by atoms with E-state index in [1.54, 1.807) is 12.1 Å². The summed E-state index contributed by atoms with van der Waals surface area (Å²) in [6.07, 6.45) is 0. The van der Waals surface area contributed by atoms with Gasteiger partial charge < -0.3 is 5.73 Å². The van der Waals surface area contributed by atoms with E-state index >= 15 is 0 Å². The Hall–Kier alpha value is -0.900. The molecule has 0 aliphatic carbocycles. The molecule has 3 N–H and O–H groups in total. The molecule has 2 aromatic rings. The van der Waals surface area contributed by atoms with Gasteiger partial charge >= 0.3 is 0 Å². The van der Waals surface area contributed by atoms with Crippen LogP contribution in [0.15, 0.2) is 41.3 Å². The van der Waals surface area contributed by atoms with Crippen LogP contribution in [0, 0.1) is 9.39 Å². The molecule has 0 saturated carbocycles. The Labute approximate surface area is 140 Å². The third kappa shape index (κ3) is 3.85. The van der Waals surface area contributed by atoms with Gasteiger partial charge in [0.05, 0.1) is 10.7 Å². The molecular weight excluding hydrogens is 430 g/mol. The zero-order valence-corrected chi connectivity index (χ0v) is 14.3. The molecule has 112 valence electrons. The van der Waals surface area contributed by atoms with E-state index in [9.17, 15) is 12.8 Å². The smallest absolute Gasteiger partial charge is 0.264 e. The Morgan fingerprint density at radius 3 is 2.57 bits per heavy atom. The van der Waals surface area contributed by atoms with Gasteiger partial charge in [-0.3, -0.25) is 4.72 Å². The van der Waals surface area contributed by atoms with Gasteiger partial charge in [-0.1, -0.05) is 17.7 Å². The highest BCUT2D eigenvalue weighted by atomic mass is 127. The van der Waals surface area contributed by atoms with E-state index in [4.69, 9.17) is 17.3 Å². The number of benzene rings is 2. The second-order valence-corrected chi connectivity index (χ2v) is 7.50. The molecule has 0 spiro atoms. The minimum atomic E-state index is -4.08. The van der Waals surface area contributed by atoms with E-state index in [2.05, 4.69) is 4.72 Å². The average Bonchev–Trinajstić information content (AvgIpc) is 2.42. The minimum absolute atomic E-state index is 0.118. The predicted molar refractivity (Wildman–Crippen MR) is 89.3 cm³/mol. The molecule has 8 heteroatoms. The summed E-state index contributed by atoms with van der Waals surface area (Å²) in [6.45, 7) is 0.118. The first-order chi connectivity index (χ1) is 9.83. The monoisotopic (exact) mass is 440 g/mol. The fourth-order valence-electron chi connectivity index (χ4n) is 1.65. The van der Waals surface area contributed by atoms with Gasteiger partial charge in [-0.05, 0) is 58.5 Å². The van der Waals surface area contributed by atoms with Crippen molar-refractivity contribution in [1.29, 1.82) is 0 Å². The molecule has 2 rings (SSSR count). The predicted octanol–water partition coefficient (Wildman–Crippen LogP) is 3.34. The van der Waals surface area contributed by atoms with Gasteiger partial charge in [0.25, 0.3) is 10.0 Å². The van der Waals surface area contributed by atoms with Crippen LogP contribution in [0.4, 0.5) is 10.1 Å². The Morgan fingerprint density at radius 1 is 1.24 bits per heavy atom. The van der Waals surface area contributed by atoms with E-state index in [0.717, 1.165) is 9.64 Å². The van der Waals surface area contributed by atoms with E-state index < -0.39 is 20.7 Å².